The first-order valence-electron chi connectivity index (χ1n) is 12.2. The van der Waals surface area contributed by atoms with Crippen LogP contribution in [0, 0.1) is 5.92 Å². The minimum atomic E-state index is -2.32. The van der Waals surface area contributed by atoms with Gasteiger partial charge in [0.05, 0.1) is 13.1 Å². The van der Waals surface area contributed by atoms with Crippen molar-refractivity contribution in [2.24, 2.45) is 5.92 Å². The van der Waals surface area contributed by atoms with Crippen LogP contribution in [0.25, 0.3) is 10.8 Å². The van der Waals surface area contributed by atoms with Gasteiger partial charge in [-0.05, 0) is 55.1 Å². The summed E-state index contributed by atoms with van der Waals surface area (Å²) < 4.78 is 22.8. The molecule has 200 valence electrons. The number of carboxylic acids is 1. The van der Waals surface area contributed by atoms with E-state index < -0.39 is 29.1 Å². The van der Waals surface area contributed by atoms with Crippen molar-refractivity contribution < 1.29 is 28.3 Å². The second-order valence-corrected chi connectivity index (χ2v) is 10.1. The maximum atomic E-state index is 12.3. The van der Waals surface area contributed by atoms with E-state index in [1.165, 1.54) is 26.7 Å². The lowest BCUT2D eigenvalue weighted by molar-refractivity contribution is -0.131. The van der Waals surface area contributed by atoms with E-state index in [2.05, 4.69) is 58.9 Å². The fourth-order valence-electron chi connectivity index (χ4n) is 4.60. The lowest BCUT2D eigenvalue weighted by atomic mass is 9.93. The predicted molar refractivity (Wildman–Crippen MR) is 142 cm³/mol. The second-order valence-electron chi connectivity index (χ2n) is 9.10. The van der Waals surface area contributed by atoms with Crippen molar-refractivity contribution in [2.45, 2.75) is 25.8 Å². The van der Waals surface area contributed by atoms with Crippen LogP contribution in [0.2, 0.25) is 0 Å². The van der Waals surface area contributed by atoms with Crippen LogP contribution in [0.15, 0.2) is 54.6 Å². The molecule has 2 unspecified atom stereocenters. The smallest absolute Gasteiger partial charge is 0.328 e. The summed E-state index contributed by atoms with van der Waals surface area (Å²) in [5, 5.41) is 15.8. The Balaban J connectivity index is 1.45. The fourth-order valence-corrected chi connectivity index (χ4v) is 5.16. The SMILES string of the molecule is CC(c1cccc2ccccc12)N1CCC(CN(CC(=O)NCC(=O)NC/C=C/C(=O)O)S(=O)O)CC1. The van der Waals surface area contributed by atoms with E-state index in [-0.39, 0.29) is 31.6 Å². The average molecular weight is 531 g/mol. The Bertz CT molecular complexity index is 1140. The Kier molecular flexibility index (Phi) is 10.8. The first-order chi connectivity index (χ1) is 17.7. The van der Waals surface area contributed by atoms with E-state index in [9.17, 15) is 23.1 Å². The highest BCUT2D eigenvalue weighted by Crippen LogP contribution is 2.31. The van der Waals surface area contributed by atoms with E-state index in [1.807, 2.05) is 6.07 Å². The van der Waals surface area contributed by atoms with E-state index in [4.69, 9.17) is 5.11 Å². The summed E-state index contributed by atoms with van der Waals surface area (Å²) in [7, 11) is 0. The quantitative estimate of drug-likeness (QED) is 0.243. The molecule has 4 N–H and O–H groups in total. The Morgan fingerprint density at radius 1 is 1.11 bits per heavy atom. The molecule has 1 heterocycles. The first kappa shape index (κ1) is 28.5. The number of nitrogens with one attached hydrogen (secondary N) is 2. The number of carboxylic acid groups (broad SMARTS) is 1. The number of carbonyl (C=O) groups excluding carboxylic acids is 2. The monoisotopic (exact) mass is 530 g/mol. The highest BCUT2D eigenvalue weighted by Gasteiger charge is 2.27. The molecule has 3 rings (SSSR count). The van der Waals surface area contributed by atoms with Gasteiger partial charge in [0.1, 0.15) is 0 Å². The maximum absolute atomic E-state index is 12.3. The zero-order valence-electron chi connectivity index (χ0n) is 20.8. The summed E-state index contributed by atoms with van der Waals surface area (Å²) >= 11 is -2.32. The molecule has 0 spiro atoms. The molecule has 2 atom stereocenters. The number of hydrogen-bond acceptors (Lipinski definition) is 5. The van der Waals surface area contributed by atoms with Crippen LogP contribution in [0.1, 0.15) is 31.4 Å². The number of benzene rings is 2. The van der Waals surface area contributed by atoms with Crippen molar-refractivity contribution in [1.29, 1.82) is 0 Å². The van der Waals surface area contributed by atoms with Crippen molar-refractivity contribution in [2.75, 3.05) is 39.3 Å². The van der Waals surface area contributed by atoms with Crippen molar-refractivity contribution in [3.63, 3.8) is 0 Å². The molecule has 1 aliphatic rings. The van der Waals surface area contributed by atoms with Crippen LogP contribution in [-0.2, 0) is 25.7 Å². The fraction of sp³-hybridized carbons (Fsp3) is 0.423. The summed E-state index contributed by atoms with van der Waals surface area (Å²) in [6.07, 6.45) is 3.86. The molecule has 2 amide bonds. The van der Waals surface area contributed by atoms with Gasteiger partial charge in [-0.25, -0.2) is 9.00 Å². The van der Waals surface area contributed by atoms with Gasteiger partial charge in [0.25, 0.3) is 0 Å². The van der Waals surface area contributed by atoms with Gasteiger partial charge in [0.15, 0.2) is 0 Å². The zero-order valence-corrected chi connectivity index (χ0v) is 21.7. The molecule has 0 aliphatic carbocycles. The minimum Gasteiger partial charge on any atom is -0.478 e. The standard InChI is InChI=1S/C26H34N4O6S/c1-19(22-9-4-7-21-6-2-3-8-23(21)22)29-14-11-20(12-15-29)17-30(37(35)36)18-25(32)28-16-24(31)27-13-5-10-26(33)34/h2-10,19-20H,11-18H2,1H3,(H,27,31)(H,28,32)(H,33,34)(H,35,36)/b10-5+. The van der Waals surface area contributed by atoms with Crippen LogP contribution in [0.5, 0.6) is 0 Å². The molecule has 1 saturated heterocycles. The molecule has 2 aromatic carbocycles. The Labute approximate surface area is 219 Å². The Morgan fingerprint density at radius 3 is 2.51 bits per heavy atom. The van der Waals surface area contributed by atoms with Gasteiger partial charge >= 0.3 is 5.97 Å². The summed E-state index contributed by atoms with van der Waals surface area (Å²) in [4.78, 5) is 36.8. The number of aliphatic carboxylic acids is 1. The Hall–Kier alpha value is -3.12. The number of fused-ring (bicyclic) bond motifs is 1. The third-order valence-electron chi connectivity index (χ3n) is 6.60. The number of likely N-dealkylation sites (tertiary alicyclic amines) is 1. The second kappa shape index (κ2) is 14.0. The average Bonchev–Trinajstić information content (AvgIpc) is 2.89. The van der Waals surface area contributed by atoms with Crippen LogP contribution in [0.4, 0.5) is 0 Å². The molecular weight excluding hydrogens is 496 g/mol. The molecule has 37 heavy (non-hydrogen) atoms. The third-order valence-corrected chi connectivity index (χ3v) is 7.32. The number of piperidine rings is 1. The van der Waals surface area contributed by atoms with Crippen molar-refractivity contribution in [3.05, 3.63) is 60.2 Å². The third kappa shape index (κ3) is 8.74. The Morgan fingerprint density at radius 2 is 1.81 bits per heavy atom. The van der Waals surface area contributed by atoms with Crippen molar-refractivity contribution in [3.8, 4) is 0 Å². The topological polar surface area (TPSA) is 139 Å². The first-order valence-corrected chi connectivity index (χ1v) is 13.3. The van der Waals surface area contributed by atoms with Crippen molar-refractivity contribution in [1.82, 2.24) is 19.8 Å². The van der Waals surface area contributed by atoms with Gasteiger partial charge < -0.3 is 15.7 Å². The predicted octanol–water partition coefficient (Wildman–Crippen LogP) is 1.92. The molecule has 0 radical (unpaired) electrons. The summed E-state index contributed by atoms with van der Waals surface area (Å²) in [6, 6.07) is 15.0. The van der Waals surface area contributed by atoms with E-state index in [0.29, 0.717) is 6.54 Å². The van der Waals surface area contributed by atoms with Crippen molar-refractivity contribution >= 4 is 39.8 Å². The number of nitrogens with zero attached hydrogens (tertiary/aromatic N) is 2. The molecule has 0 bridgehead atoms. The lowest BCUT2D eigenvalue weighted by Gasteiger charge is -2.37. The van der Waals surface area contributed by atoms with Gasteiger partial charge in [-0.3, -0.25) is 19.0 Å². The van der Waals surface area contributed by atoms with E-state index in [1.54, 1.807) is 0 Å². The molecule has 2 aromatic rings. The number of amides is 2. The number of rotatable bonds is 12. The van der Waals surface area contributed by atoms with E-state index in [0.717, 1.165) is 32.0 Å². The lowest BCUT2D eigenvalue weighted by Crippen LogP contribution is -2.45. The normalized spacial score (nSPS) is 16.6. The molecule has 1 fully saturated rings. The maximum Gasteiger partial charge on any atom is 0.328 e. The highest BCUT2D eigenvalue weighted by atomic mass is 32.2. The molecule has 1 aliphatic heterocycles. The molecule has 11 heteroatoms. The van der Waals surface area contributed by atoms with Crippen LogP contribution >= 0.6 is 0 Å². The van der Waals surface area contributed by atoms with Crippen LogP contribution in [0.3, 0.4) is 0 Å². The van der Waals surface area contributed by atoms with Gasteiger partial charge in [0.2, 0.25) is 23.1 Å². The largest absolute Gasteiger partial charge is 0.478 e. The van der Waals surface area contributed by atoms with Gasteiger partial charge in [-0.2, -0.15) is 4.31 Å². The van der Waals surface area contributed by atoms with Crippen LogP contribution < -0.4 is 10.6 Å². The molecular formula is C26H34N4O6S. The van der Waals surface area contributed by atoms with Gasteiger partial charge in [0, 0.05) is 25.2 Å². The molecule has 10 nitrogen and oxygen atoms in total. The summed E-state index contributed by atoms with van der Waals surface area (Å²) in [5.74, 6) is -1.98. The zero-order chi connectivity index (χ0) is 26.8. The molecule has 0 saturated carbocycles. The summed E-state index contributed by atoms with van der Waals surface area (Å²) in [6.45, 7) is 3.62. The van der Waals surface area contributed by atoms with Crippen LogP contribution in [-0.4, -0.2) is 80.1 Å². The summed E-state index contributed by atoms with van der Waals surface area (Å²) in [5.41, 5.74) is 1.29. The van der Waals surface area contributed by atoms with Gasteiger partial charge in [-0.15, -0.1) is 0 Å². The van der Waals surface area contributed by atoms with E-state index >= 15 is 0 Å². The minimum absolute atomic E-state index is 0.0194. The van der Waals surface area contributed by atoms with Gasteiger partial charge in [-0.1, -0.05) is 48.5 Å². The number of hydrogen-bond donors (Lipinski definition) is 4. The highest BCUT2D eigenvalue weighted by molar-refractivity contribution is 7.76. The molecule has 0 aromatic heterocycles. The number of carbonyl (C=O) groups is 3.